The lowest BCUT2D eigenvalue weighted by atomic mass is 9.99. The summed E-state index contributed by atoms with van der Waals surface area (Å²) >= 11 is 0. The Labute approximate surface area is 167 Å². The number of nitrogens with zero attached hydrogens (tertiary/aromatic N) is 2. The first kappa shape index (κ1) is 19.8. The number of carbonyl (C=O) groups excluding carboxylic acids is 1. The van der Waals surface area contributed by atoms with Crippen molar-refractivity contribution < 1.29 is 19.2 Å². The highest BCUT2D eigenvalue weighted by molar-refractivity contribution is 5.97. The van der Waals surface area contributed by atoms with E-state index in [2.05, 4.69) is 10.3 Å². The standard InChI is InChI=1S/C21H19N3O5/c1-28-19-12-11-18(24(26)27)20(23-19)22-13-14-7-9-15(10-8-14)16-5-3-4-6-17(16)21(25)29-2/h3-12H,13H2,1-2H3,(H,22,23). The van der Waals surface area contributed by atoms with Gasteiger partial charge in [0.05, 0.1) is 24.7 Å². The Bertz CT molecular complexity index is 1030. The van der Waals surface area contributed by atoms with Gasteiger partial charge in [-0.25, -0.2) is 4.79 Å². The van der Waals surface area contributed by atoms with Gasteiger partial charge in [-0.1, -0.05) is 42.5 Å². The number of rotatable bonds is 7. The average molecular weight is 393 g/mol. The normalized spacial score (nSPS) is 10.3. The number of carbonyl (C=O) groups is 1. The van der Waals surface area contributed by atoms with E-state index in [1.807, 2.05) is 36.4 Å². The van der Waals surface area contributed by atoms with E-state index in [1.54, 1.807) is 12.1 Å². The van der Waals surface area contributed by atoms with Crippen LogP contribution in [0, 0.1) is 10.1 Å². The smallest absolute Gasteiger partial charge is 0.338 e. The molecular weight excluding hydrogens is 374 g/mol. The summed E-state index contributed by atoms with van der Waals surface area (Å²) in [5.74, 6) is 0.0186. The molecule has 1 N–H and O–H groups in total. The molecule has 1 heterocycles. The highest BCUT2D eigenvalue weighted by Crippen LogP contribution is 2.27. The van der Waals surface area contributed by atoms with E-state index < -0.39 is 10.9 Å². The van der Waals surface area contributed by atoms with Crippen LogP contribution in [0.4, 0.5) is 11.5 Å². The quantitative estimate of drug-likeness (QED) is 0.367. The molecule has 0 bridgehead atoms. The SMILES string of the molecule is COC(=O)c1ccccc1-c1ccc(CNc2nc(OC)ccc2[N+](=O)[O-])cc1. The van der Waals surface area contributed by atoms with Gasteiger partial charge < -0.3 is 14.8 Å². The van der Waals surface area contributed by atoms with Crippen molar-refractivity contribution >= 4 is 17.5 Å². The Morgan fingerprint density at radius 3 is 2.45 bits per heavy atom. The maximum absolute atomic E-state index is 12.0. The van der Waals surface area contributed by atoms with Crippen LogP contribution in [-0.4, -0.2) is 30.1 Å². The molecule has 3 aromatic rings. The summed E-state index contributed by atoms with van der Waals surface area (Å²) in [5.41, 5.74) is 2.87. The van der Waals surface area contributed by atoms with Crippen LogP contribution in [0.5, 0.6) is 5.88 Å². The summed E-state index contributed by atoms with van der Waals surface area (Å²) in [6.45, 7) is 0.333. The van der Waals surface area contributed by atoms with Gasteiger partial charge >= 0.3 is 11.7 Å². The molecule has 2 aromatic carbocycles. The first-order valence-electron chi connectivity index (χ1n) is 8.73. The minimum absolute atomic E-state index is 0.130. The first-order chi connectivity index (χ1) is 14.0. The fraction of sp³-hybridized carbons (Fsp3) is 0.143. The van der Waals surface area contributed by atoms with Crippen molar-refractivity contribution in [3.05, 3.63) is 81.9 Å². The fourth-order valence-corrected chi connectivity index (χ4v) is 2.84. The molecule has 148 valence electrons. The molecule has 0 unspecified atom stereocenters. The predicted molar refractivity (Wildman–Crippen MR) is 108 cm³/mol. The molecule has 1 aromatic heterocycles. The van der Waals surface area contributed by atoms with Gasteiger partial charge in [-0.3, -0.25) is 10.1 Å². The van der Waals surface area contributed by atoms with Gasteiger partial charge in [0.2, 0.25) is 11.7 Å². The van der Waals surface area contributed by atoms with Crippen molar-refractivity contribution in [3.8, 4) is 17.0 Å². The molecule has 0 aliphatic rings. The molecule has 0 saturated heterocycles. The molecule has 0 atom stereocenters. The molecule has 8 heteroatoms. The summed E-state index contributed by atoms with van der Waals surface area (Å²) in [4.78, 5) is 26.8. The molecule has 0 amide bonds. The van der Waals surface area contributed by atoms with Crippen LogP contribution < -0.4 is 10.1 Å². The van der Waals surface area contributed by atoms with Gasteiger partial charge in [-0.2, -0.15) is 4.98 Å². The molecule has 0 aliphatic carbocycles. The van der Waals surface area contributed by atoms with E-state index in [0.29, 0.717) is 12.1 Å². The maximum Gasteiger partial charge on any atom is 0.338 e. The largest absolute Gasteiger partial charge is 0.481 e. The summed E-state index contributed by atoms with van der Waals surface area (Å²) in [6.07, 6.45) is 0. The Balaban J connectivity index is 1.79. The molecule has 0 fully saturated rings. The number of methoxy groups -OCH3 is 2. The van der Waals surface area contributed by atoms with E-state index in [4.69, 9.17) is 9.47 Å². The summed E-state index contributed by atoms with van der Waals surface area (Å²) in [5, 5.41) is 14.2. The van der Waals surface area contributed by atoms with E-state index >= 15 is 0 Å². The van der Waals surface area contributed by atoms with Crippen molar-refractivity contribution in [3.63, 3.8) is 0 Å². The number of hydrogen-bond donors (Lipinski definition) is 1. The molecule has 29 heavy (non-hydrogen) atoms. The Morgan fingerprint density at radius 1 is 1.07 bits per heavy atom. The van der Waals surface area contributed by atoms with Crippen LogP contribution in [0.25, 0.3) is 11.1 Å². The van der Waals surface area contributed by atoms with Crippen LogP contribution >= 0.6 is 0 Å². The van der Waals surface area contributed by atoms with Gasteiger partial charge in [-0.05, 0) is 22.8 Å². The average Bonchev–Trinajstić information content (AvgIpc) is 2.77. The summed E-state index contributed by atoms with van der Waals surface area (Å²) in [7, 11) is 2.79. The first-order valence-corrected chi connectivity index (χ1v) is 8.73. The fourth-order valence-electron chi connectivity index (χ4n) is 2.84. The Hall–Kier alpha value is -3.94. The van der Waals surface area contributed by atoms with Crippen LogP contribution in [0.2, 0.25) is 0 Å². The highest BCUT2D eigenvalue weighted by Gasteiger charge is 2.16. The summed E-state index contributed by atoms with van der Waals surface area (Å²) in [6, 6.07) is 17.5. The van der Waals surface area contributed by atoms with E-state index in [-0.39, 0.29) is 17.4 Å². The maximum atomic E-state index is 12.0. The third-order valence-electron chi connectivity index (χ3n) is 4.31. The number of nitrogens with one attached hydrogen (secondary N) is 1. The number of anilines is 1. The van der Waals surface area contributed by atoms with Crippen molar-refractivity contribution in [2.24, 2.45) is 0 Å². The topological polar surface area (TPSA) is 104 Å². The van der Waals surface area contributed by atoms with Crippen LogP contribution in [0.1, 0.15) is 15.9 Å². The molecule has 0 aliphatic heterocycles. The molecule has 3 rings (SSSR count). The zero-order valence-corrected chi connectivity index (χ0v) is 15.9. The second-order valence-electron chi connectivity index (χ2n) is 6.07. The van der Waals surface area contributed by atoms with E-state index in [9.17, 15) is 14.9 Å². The van der Waals surface area contributed by atoms with Gasteiger partial charge in [0, 0.05) is 18.7 Å². The molecule has 0 spiro atoms. The molecule has 8 nitrogen and oxygen atoms in total. The van der Waals surface area contributed by atoms with Crippen molar-refractivity contribution in [2.75, 3.05) is 19.5 Å². The number of ether oxygens (including phenoxy) is 2. The van der Waals surface area contributed by atoms with E-state index in [1.165, 1.54) is 26.4 Å². The number of pyridine rings is 1. The van der Waals surface area contributed by atoms with Crippen LogP contribution in [0.3, 0.4) is 0 Å². The lowest BCUT2D eigenvalue weighted by Gasteiger charge is -2.10. The zero-order valence-electron chi connectivity index (χ0n) is 15.9. The number of nitro groups is 1. The third kappa shape index (κ3) is 4.49. The monoisotopic (exact) mass is 393 g/mol. The molecule has 0 radical (unpaired) electrons. The Kier molecular flexibility index (Phi) is 6.03. The number of benzene rings is 2. The van der Waals surface area contributed by atoms with Crippen LogP contribution in [-0.2, 0) is 11.3 Å². The van der Waals surface area contributed by atoms with Crippen LogP contribution in [0.15, 0.2) is 60.7 Å². The van der Waals surface area contributed by atoms with Crippen molar-refractivity contribution in [1.82, 2.24) is 4.98 Å². The number of esters is 1. The Morgan fingerprint density at radius 2 is 1.79 bits per heavy atom. The predicted octanol–water partition coefficient (Wildman–Crippen LogP) is 4.06. The lowest BCUT2D eigenvalue weighted by Crippen LogP contribution is -2.06. The molecule has 0 saturated carbocycles. The van der Waals surface area contributed by atoms with Gasteiger partial charge in [-0.15, -0.1) is 0 Å². The van der Waals surface area contributed by atoms with E-state index in [0.717, 1.165) is 16.7 Å². The van der Waals surface area contributed by atoms with Crippen molar-refractivity contribution in [1.29, 1.82) is 0 Å². The number of aromatic nitrogens is 1. The minimum Gasteiger partial charge on any atom is -0.481 e. The van der Waals surface area contributed by atoms with Gasteiger partial charge in [0.25, 0.3) is 0 Å². The van der Waals surface area contributed by atoms with Gasteiger partial charge in [0.1, 0.15) is 0 Å². The molecular formula is C21H19N3O5. The third-order valence-corrected chi connectivity index (χ3v) is 4.31. The lowest BCUT2D eigenvalue weighted by molar-refractivity contribution is -0.384. The van der Waals surface area contributed by atoms with Gasteiger partial charge in [0.15, 0.2) is 0 Å². The minimum atomic E-state index is -0.498. The second-order valence-corrected chi connectivity index (χ2v) is 6.07. The number of hydrogen-bond acceptors (Lipinski definition) is 7. The van der Waals surface area contributed by atoms with Crippen molar-refractivity contribution in [2.45, 2.75) is 6.54 Å². The summed E-state index contributed by atoms with van der Waals surface area (Å²) < 4.78 is 9.87. The highest BCUT2D eigenvalue weighted by atomic mass is 16.6. The second kappa shape index (κ2) is 8.83. The zero-order chi connectivity index (χ0) is 20.8.